The summed E-state index contributed by atoms with van der Waals surface area (Å²) in [6.45, 7) is 5.05. The zero-order valence-electron chi connectivity index (χ0n) is 15.0. The largest absolute Gasteiger partial charge is 0.360 e. The highest BCUT2D eigenvalue weighted by atomic mass is 32.2. The van der Waals surface area contributed by atoms with Gasteiger partial charge in [0.15, 0.2) is 5.82 Å². The van der Waals surface area contributed by atoms with Crippen molar-refractivity contribution in [1.29, 1.82) is 0 Å². The Morgan fingerprint density at radius 3 is 2.54 bits per heavy atom. The van der Waals surface area contributed by atoms with Gasteiger partial charge in [0.1, 0.15) is 5.76 Å². The summed E-state index contributed by atoms with van der Waals surface area (Å²) in [5, 5.41) is 6.55. The highest BCUT2D eigenvalue weighted by molar-refractivity contribution is 8.00. The number of anilines is 1. The first-order chi connectivity index (χ1) is 12.5. The number of benzene rings is 1. The predicted molar refractivity (Wildman–Crippen MR) is 101 cm³/mol. The molecule has 0 saturated carbocycles. The molecule has 0 bridgehead atoms. The first-order valence-corrected chi connectivity index (χ1v) is 9.71. The molecule has 1 N–H and O–H groups in total. The molecule has 6 nitrogen and oxygen atoms in total. The SMILES string of the molecule is Cc1ccc(SCC(=O)N2CCC(C(=O)Nc3cc(C)on3)CC2)cc1. The van der Waals surface area contributed by atoms with Crippen LogP contribution in [0.25, 0.3) is 0 Å². The lowest BCUT2D eigenvalue weighted by atomic mass is 9.96. The number of rotatable bonds is 5. The van der Waals surface area contributed by atoms with E-state index >= 15 is 0 Å². The molecule has 0 atom stereocenters. The minimum Gasteiger partial charge on any atom is -0.360 e. The van der Waals surface area contributed by atoms with Crippen LogP contribution in [-0.2, 0) is 9.59 Å². The standard InChI is InChI=1S/C19H23N3O3S/c1-13-3-5-16(6-4-13)26-12-18(23)22-9-7-15(8-10-22)19(24)20-17-11-14(2)25-21-17/h3-6,11,15H,7-10,12H2,1-2H3,(H,20,21,24). The molecule has 0 radical (unpaired) electrons. The van der Waals surface area contributed by atoms with Gasteiger partial charge in [-0.05, 0) is 38.8 Å². The third kappa shape index (κ3) is 4.88. The van der Waals surface area contributed by atoms with Gasteiger partial charge in [-0.25, -0.2) is 0 Å². The number of piperidine rings is 1. The van der Waals surface area contributed by atoms with E-state index in [1.807, 2.05) is 36.1 Å². The predicted octanol–water partition coefficient (Wildman–Crippen LogP) is 3.26. The highest BCUT2D eigenvalue weighted by Gasteiger charge is 2.27. The summed E-state index contributed by atoms with van der Waals surface area (Å²) < 4.78 is 4.95. The Balaban J connectivity index is 1.43. The van der Waals surface area contributed by atoms with E-state index in [4.69, 9.17) is 4.52 Å². The molecular formula is C19H23N3O3S. The van der Waals surface area contributed by atoms with Crippen molar-refractivity contribution in [3.8, 4) is 0 Å². The van der Waals surface area contributed by atoms with Crippen LogP contribution in [0.3, 0.4) is 0 Å². The van der Waals surface area contributed by atoms with Gasteiger partial charge in [0, 0.05) is 30.0 Å². The van der Waals surface area contributed by atoms with Crippen LogP contribution in [0.1, 0.15) is 24.2 Å². The second-order valence-corrected chi connectivity index (χ2v) is 7.62. The smallest absolute Gasteiger partial charge is 0.232 e. The minimum absolute atomic E-state index is 0.0561. The van der Waals surface area contributed by atoms with E-state index in [1.165, 1.54) is 5.56 Å². The Labute approximate surface area is 157 Å². The molecule has 3 rings (SSSR count). The number of carbonyl (C=O) groups excluding carboxylic acids is 2. The van der Waals surface area contributed by atoms with Crippen molar-refractivity contribution >= 4 is 29.4 Å². The Morgan fingerprint density at radius 1 is 1.23 bits per heavy atom. The monoisotopic (exact) mass is 373 g/mol. The van der Waals surface area contributed by atoms with Gasteiger partial charge in [0.2, 0.25) is 11.8 Å². The van der Waals surface area contributed by atoms with Gasteiger partial charge in [-0.2, -0.15) is 0 Å². The first-order valence-electron chi connectivity index (χ1n) is 8.72. The van der Waals surface area contributed by atoms with Gasteiger partial charge in [-0.3, -0.25) is 9.59 Å². The molecule has 0 spiro atoms. The van der Waals surface area contributed by atoms with E-state index in [0.29, 0.717) is 43.3 Å². The lowest BCUT2D eigenvalue weighted by Gasteiger charge is -2.31. The van der Waals surface area contributed by atoms with E-state index in [9.17, 15) is 9.59 Å². The first kappa shape index (κ1) is 18.5. The van der Waals surface area contributed by atoms with E-state index in [2.05, 4.69) is 10.5 Å². The van der Waals surface area contributed by atoms with E-state index in [-0.39, 0.29) is 17.7 Å². The van der Waals surface area contributed by atoms with E-state index in [1.54, 1.807) is 24.8 Å². The number of hydrogen-bond donors (Lipinski definition) is 1. The molecule has 26 heavy (non-hydrogen) atoms. The van der Waals surface area contributed by atoms with Gasteiger partial charge < -0.3 is 14.7 Å². The zero-order chi connectivity index (χ0) is 18.5. The fraction of sp³-hybridized carbons (Fsp3) is 0.421. The van der Waals surface area contributed by atoms with E-state index in [0.717, 1.165) is 4.90 Å². The minimum atomic E-state index is -0.0965. The number of aromatic nitrogens is 1. The quantitative estimate of drug-likeness (QED) is 0.814. The fourth-order valence-electron chi connectivity index (χ4n) is 2.92. The maximum atomic E-state index is 12.4. The number of carbonyl (C=O) groups is 2. The van der Waals surface area contributed by atoms with Crippen molar-refractivity contribution in [3.05, 3.63) is 41.7 Å². The number of aryl methyl sites for hydroxylation is 2. The van der Waals surface area contributed by atoms with Crippen molar-refractivity contribution in [1.82, 2.24) is 10.1 Å². The number of nitrogens with one attached hydrogen (secondary N) is 1. The topological polar surface area (TPSA) is 75.4 Å². The molecule has 2 amide bonds. The van der Waals surface area contributed by atoms with Crippen LogP contribution in [0, 0.1) is 19.8 Å². The second-order valence-electron chi connectivity index (χ2n) is 6.57. The molecule has 1 aromatic carbocycles. The van der Waals surface area contributed by atoms with Crippen molar-refractivity contribution in [2.75, 3.05) is 24.2 Å². The lowest BCUT2D eigenvalue weighted by molar-refractivity contribution is -0.132. The van der Waals surface area contributed by atoms with Crippen LogP contribution in [0.5, 0.6) is 0 Å². The number of amides is 2. The average Bonchev–Trinajstić information content (AvgIpc) is 3.06. The van der Waals surface area contributed by atoms with Gasteiger partial charge in [0.25, 0.3) is 0 Å². The van der Waals surface area contributed by atoms with Crippen LogP contribution in [-0.4, -0.2) is 40.7 Å². The van der Waals surface area contributed by atoms with Crippen LogP contribution < -0.4 is 5.32 Å². The van der Waals surface area contributed by atoms with Crippen LogP contribution in [0.2, 0.25) is 0 Å². The zero-order valence-corrected chi connectivity index (χ0v) is 15.8. The van der Waals surface area contributed by atoms with Crippen molar-refractivity contribution < 1.29 is 14.1 Å². The molecule has 7 heteroatoms. The molecule has 2 aromatic rings. The third-order valence-electron chi connectivity index (χ3n) is 4.48. The summed E-state index contributed by atoms with van der Waals surface area (Å²) in [7, 11) is 0. The Bertz CT molecular complexity index is 765. The molecule has 0 unspecified atom stereocenters. The summed E-state index contributed by atoms with van der Waals surface area (Å²) in [6.07, 6.45) is 1.34. The Kier molecular flexibility index (Phi) is 5.98. The summed E-state index contributed by atoms with van der Waals surface area (Å²) >= 11 is 1.55. The van der Waals surface area contributed by atoms with Gasteiger partial charge in [-0.15, -0.1) is 11.8 Å². The maximum absolute atomic E-state index is 12.4. The van der Waals surface area contributed by atoms with Crippen molar-refractivity contribution in [2.24, 2.45) is 5.92 Å². The molecule has 1 saturated heterocycles. The molecule has 1 aliphatic heterocycles. The van der Waals surface area contributed by atoms with Gasteiger partial charge >= 0.3 is 0 Å². The van der Waals surface area contributed by atoms with Crippen LogP contribution in [0.4, 0.5) is 5.82 Å². The molecular weight excluding hydrogens is 350 g/mol. The van der Waals surface area contributed by atoms with Gasteiger partial charge in [0.05, 0.1) is 5.75 Å². The third-order valence-corrected chi connectivity index (χ3v) is 5.48. The number of thioether (sulfide) groups is 1. The van der Waals surface area contributed by atoms with Crippen molar-refractivity contribution in [2.45, 2.75) is 31.6 Å². The summed E-state index contributed by atoms with van der Waals surface area (Å²) in [4.78, 5) is 27.6. The average molecular weight is 373 g/mol. The Morgan fingerprint density at radius 2 is 1.92 bits per heavy atom. The number of nitrogens with zero attached hydrogens (tertiary/aromatic N) is 2. The van der Waals surface area contributed by atoms with E-state index < -0.39 is 0 Å². The second kappa shape index (κ2) is 8.40. The van der Waals surface area contributed by atoms with Crippen LogP contribution in [0.15, 0.2) is 39.8 Å². The molecule has 1 fully saturated rings. The lowest BCUT2D eigenvalue weighted by Crippen LogP contribution is -2.42. The number of likely N-dealkylation sites (tertiary alicyclic amines) is 1. The molecule has 2 heterocycles. The van der Waals surface area contributed by atoms with Crippen LogP contribution >= 0.6 is 11.8 Å². The normalized spacial score (nSPS) is 15.1. The number of hydrogen-bond acceptors (Lipinski definition) is 5. The molecule has 1 aromatic heterocycles. The Hall–Kier alpha value is -2.28. The summed E-state index contributed by atoms with van der Waals surface area (Å²) in [5.74, 6) is 1.51. The maximum Gasteiger partial charge on any atom is 0.232 e. The highest BCUT2D eigenvalue weighted by Crippen LogP contribution is 2.22. The summed E-state index contributed by atoms with van der Waals surface area (Å²) in [6, 6.07) is 9.87. The molecule has 0 aliphatic carbocycles. The summed E-state index contributed by atoms with van der Waals surface area (Å²) in [5.41, 5.74) is 1.21. The van der Waals surface area contributed by atoms with Crippen molar-refractivity contribution in [3.63, 3.8) is 0 Å². The molecule has 138 valence electrons. The fourth-order valence-corrected chi connectivity index (χ4v) is 3.72. The van der Waals surface area contributed by atoms with Gasteiger partial charge in [-0.1, -0.05) is 22.9 Å². The molecule has 1 aliphatic rings.